The van der Waals surface area contributed by atoms with E-state index in [0.717, 1.165) is 33.5 Å². The van der Waals surface area contributed by atoms with Crippen LogP contribution < -0.4 is 5.32 Å². The van der Waals surface area contributed by atoms with Gasteiger partial charge in [-0.1, -0.05) is 12.1 Å². The normalized spacial score (nSPS) is 12.4. The number of aromatic amines is 1. The fourth-order valence-electron chi connectivity index (χ4n) is 2.74. The molecule has 3 aromatic rings. The maximum Gasteiger partial charge on any atom is 0.252 e. The van der Waals surface area contributed by atoms with Gasteiger partial charge < -0.3 is 5.32 Å². The van der Waals surface area contributed by atoms with Crippen LogP contribution in [0.25, 0.3) is 10.9 Å². The summed E-state index contributed by atoms with van der Waals surface area (Å²) in [5, 5.41) is 10.7. The van der Waals surface area contributed by atoms with E-state index in [0.29, 0.717) is 11.4 Å². The van der Waals surface area contributed by atoms with Crippen molar-refractivity contribution in [1.82, 2.24) is 25.5 Å². The minimum absolute atomic E-state index is 0.149. The van der Waals surface area contributed by atoms with E-state index in [4.69, 9.17) is 0 Å². The first-order chi connectivity index (χ1) is 11.4. The van der Waals surface area contributed by atoms with Crippen LogP contribution in [0.5, 0.6) is 0 Å². The van der Waals surface area contributed by atoms with E-state index in [1.165, 1.54) is 0 Å². The van der Waals surface area contributed by atoms with E-state index < -0.39 is 0 Å². The predicted molar refractivity (Wildman–Crippen MR) is 93.0 cm³/mol. The zero-order valence-electron chi connectivity index (χ0n) is 14.6. The number of pyridine rings is 1. The van der Waals surface area contributed by atoms with Gasteiger partial charge in [0, 0.05) is 11.1 Å². The van der Waals surface area contributed by atoms with Gasteiger partial charge in [0.2, 0.25) is 0 Å². The van der Waals surface area contributed by atoms with Crippen LogP contribution in [-0.4, -0.2) is 26.1 Å². The van der Waals surface area contributed by atoms with Gasteiger partial charge in [-0.2, -0.15) is 5.10 Å². The molecule has 2 aromatic heterocycles. The largest absolute Gasteiger partial charge is 0.342 e. The Morgan fingerprint density at radius 1 is 1.17 bits per heavy atom. The molecule has 0 aliphatic rings. The number of aryl methyl sites for hydroxylation is 4. The highest BCUT2D eigenvalue weighted by Gasteiger charge is 2.18. The molecule has 0 saturated heterocycles. The Morgan fingerprint density at radius 3 is 2.58 bits per heavy atom. The van der Waals surface area contributed by atoms with Crippen LogP contribution in [0, 0.1) is 27.7 Å². The molecule has 3 rings (SSSR count). The molecule has 1 unspecified atom stereocenters. The van der Waals surface area contributed by atoms with Crippen molar-refractivity contribution in [2.24, 2.45) is 0 Å². The summed E-state index contributed by atoms with van der Waals surface area (Å²) in [4.78, 5) is 21.7. The van der Waals surface area contributed by atoms with Gasteiger partial charge in [-0.25, -0.2) is 4.98 Å². The van der Waals surface area contributed by atoms with Crippen molar-refractivity contribution in [3.05, 3.63) is 52.2 Å². The number of carbonyl (C=O) groups is 1. The minimum atomic E-state index is -0.280. The summed E-state index contributed by atoms with van der Waals surface area (Å²) in [6, 6.07) is 5.52. The first-order valence-electron chi connectivity index (χ1n) is 7.94. The van der Waals surface area contributed by atoms with Crippen molar-refractivity contribution in [2.45, 2.75) is 40.7 Å². The van der Waals surface area contributed by atoms with E-state index in [9.17, 15) is 4.79 Å². The van der Waals surface area contributed by atoms with E-state index in [-0.39, 0.29) is 11.9 Å². The summed E-state index contributed by atoms with van der Waals surface area (Å²) in [6.07, 6.45) is 0. The van der Waals surface area contributed by atoms with Gasteiger partial charge in [0.1, 0.15) is 5.82 Å². The van der Waals surface area contributed by atoms with Crippen LogP contribution in [0.15, 0.2) is 18.2 Å². The summed E-state index contributed by atoms with van der Waals surface area (Å²) in [5.74, 6) is 1.15. The van der Waals surface area contributed by atoms with E-state index >= 15 is 0 Å². The molecule has 6 nitrogen and oxygen atoms in total. The molecular weight excluding hydrogens is 302 g/mol. The van der Waals surface area contributed by atoms with Crippen molar-refractivity contribution in [3.63, 3.8) is 0 Å². The molecule has 1 atom stereocenters. The Balaban J connectivity index is 1.99. The van der Waals surface area contributed by atoms with Crippen molar-refractivity contribution in [3.8, 4) is 0 Å². The van der Waals surface area contributed by atoms with Crippen LogP contribution >= 0.6 is 0 Å². The lowest BCUT2D eigenvalue weighted by molar-refractivity contribution is 0.0940. The average Bonchev–Trinajstić information content (AvgIpc) is 2.97. The number of nitrogens with zero attached hydrogens (tertiary/aromatic N) is 3. The summed E-state index contributed by atoms with van der Waals surface area (Å²) in [5.41, 5.74) is 4.59. The highest BCUT2D eigenvalue weighted by Crippen LogP contribution is 2.24. The highest BCUT2D eigenvalue weighted by atomic mass is 16.1. The van der Waals surface area contributed by atoms with Crippen LogP contribution in [-0.2, 0) is 0 Å². The number of amides is 1. The summed E-state index contributed by atoms with van der Waals surface area (Å²) in [6.45, 7) is 9.68. The van der Waals surface area contributed by atoms with Crippen LogP contribution in [0.3, 0.4) is 0 Å². The van der Waals surface area contributed by atoms with Crippen LogP contribution in [0.4, 0.5) is 0 Å². The quantitative estimate of drug-likeness (QED) is 0.776. The number of hydrogen-bond donors (Lipinski definition) is 2. The molecule has 2 N–H and O–H groups in total. The number of hydrogen-bond acceptors (Lipinski definition) is 4. The molecule has 0 radical (unpaired) electrons. The summed E-state index contributed by atoms with van der Waals surface area (Å²) < 4.78 is 0. The third-order valence-electron chi connectivity index (χ3n) is 4.23. The Bertz CT molecular complexity index is 929. The lowest BCUT2D eigenvalue weighted by atomic mass is 10.0. The number of rotatable bonds is 3. The molecule has 0 fully saturated rings. The minimum Gasteiger partial charge on any atom is -0.342 e. The molecule has 0 saturated carbocycles. The second-order valence-corrected chi connectivity index (χ2v) is 6.19. The number of fused-ring (bicyclic) bond motifs is 1. The third kappa shape index (κ3) is 2.87. The first kappa shape index (κ1) is 16.1. The third-order valence-corrected chi connectivity index (χ3v) is 4.23. The maximum absolute atomic E-state index is 12.8. The molecule has 0 aliphatic heterocycles. The lowest BCUT2D eigenvalue weighted by Crippen LogP contribution is -2.27. The SMILES string of the molecule is Cc1cc(C(=O)NC(C)c2n[nH]c(C)n2)c2ccc(C)c(C)c2n1. The molecule has 124 valence electrons. The van der Waals surface area contributed by atoms with Crippen LogP contribution in [0.2, 0.25) is 0 Å². The van der Waals surface area contributed by atoms with Gasteiger partial charge in [-0.05, 0) is 51.8 Å². The van der Waals surface area contributed by atoms with Crippen molar-refractivity contribution in [2.75, 3.05) is 0 Å². The number of carbonyl (C=O) groups excluding carboxylic acids is 1. The molecular formula is C18H21N5O. The lowest BCUT2D eigenvalue weighted by Gasteiger charge is -2.14. The maximum atomic E-state index is 12.8. The summed E-state index contributed by atoms with van der Waals surface area (Å²) in [7, 11) is 0. The fraction of sp³-hybridized carbons (Fsp3) is 0.333. The Morgan fingerprint density at radius 2 is 1.92 bits per heavy atom. The molecule has 1 amide bonds. The van der Waals surface area contributed by atoms with Gasteiger partial charge >= 0.3 is 0 Å². The van der Waals surface area contributed by atoms with Gasteiger partial charge in [-0.3, -0.25) is 14.9 Å². The van der Waals surface area contributed by atoms with Crippen molar-refractivity contribution < 1.29 is 4.79 Å². The number of benzene rings is 1. The van der Waals surface area contributed by atoms with Gasteiger partial charge in [0.05, 0.1) is 17.1 Å². The number of aromatic nitrogens is 4. The second-order valence-electron chi connectivity index (χ2n) is 6.19. The standard InChI is InChI=1S/C18H21N5O/c1-9-6-7-14-15(8-10(2)19-16(14)11(9)3)18(24)20-12(4)17-21-13(5)22-23-17/h6-8,12H,1-5H3,(H,20,24)(H,21,22,23). The van der Waals surface area contributed by atoms with E-state index in [2.05, 4.69) is 25.5 Å². The van der Waals surface area contributed by atoms with Gasteiger partial charge in [0.25, 0.3) is 5.91 Å². The zero-order valence-corrected chi connectivity index (χ0v) is 14.6. The molecule has 0 bridgehead atoms. The molecule has 0 aliphatic carbocycles. The van der Waals surface area contributed by atoms with Gasteiger partial charge in [-0.15, -0.1) is 0 Å². The zero-order chi connectivity index (χ0) is 17.4. The Labute approximate surface area is 140 Å². The van der Waals surface area contributed by atoms with Crippen molar-refractivity contribution in [1.29, 1.82) is 0 Å². The molecule has 6 heteroatoms. The number of H-pyrrole nitrogens is 1. The molecule has 24 heavy (non-hydrogen) atoms. The second kappa shape index (κ2) is 6.03. The molecule has 2 heterocycles. The molecule has 0 spiro atoms. The number of nitrogens with one attached hydrogen (secondary N) is 2. The highest BCUT2D eigenvalue weighted by molar-refractivity contribution is 6.07. The molecule has 1 aromatic carbocycles. The topological polar surface area (TPSA) is 83.6 Å². The summed E-state index contributed by atoms with van der Waals surface area (Å²) >= 11 is 0. The first-order valence-corrected chi connectivity index (χ1v) is 7.94. The van der Waals surface area contributed by atoms with Crippen molar-refractivity contribution >= 4 is 16.8 Å². The van der Waals surface area contributed by atoms with E-state index in [1.807, 2.05) is 52.8 Å². The van der Waals surface area contributed by atoms with Crippen LogP contribution in [0.1, 0.15) is 51.8 Å². The smallest absolute Gasteiger partial charge is 0.252 e. The Hall–Kier alpha value is -2.76. The monoisotopic (exact) mass is 323 g/mol. The fourth-order valence-corrected chi connectivity index (χ4v) is 2.74. The van der Waals surface area contributed by atoms with Gasteiger partial charge in [0.15, 0.2) is 5.82 Å². The predicted octanol–water partition coefficient (Wildman–Crippen LogP) is 3.08. The van der Waals surface area contributed by atoms with E-state index in [1.54, 1.807) is 0 Å². The Kier molecular flexibility index (Phi) is 4.05. The average molecular weight is 323 g/mol.